The molecule has 2 rings (SSSR count). The first-order valence-corrected chi connectivity index (χ1v) is 5.80. The number of hydrogen-bond acceptors (Lipinski definition) is 5. The summed E-state index contributed by atoms with van der Waals surface area (Å²) in [6, 6.07) is 3.90. The van der Waals surface area contributed by atoms with Gasteiger partial charge in [0.1, 0.15) is 5.82 Å². The molecule has 0 aromatic carbocycles. The summed E-state index contributed by atoms with van der Waals surface area (Å²) < 4.78 is 1.99. The number of rotatable bonds is 4. The summed E-state index contributed by atoms with van der Waals surface area (Å²) in [5.41, 5.74) is 3.69. The first-order valence-electron chi connectivity index (χ1n) is 4.81. The lowest BCUT2D eigenvalue weighted by Crippen LogP contribution is -2.08. The molecule has 0 radical (unpaired) electrons. The number of nitrogens with one attached hydrogen (secondary N) is 1. The van der Waals surface area contributed by atoms with Crippen LogP contribution < -0.4 is 11.3 Å². The van der Waals surface area contributed by atoms with Gasteiger partial charge < -0.3 is 9.99 Å². The van der Waals surface area contributed by atoms with Gasteiger partial charge in [0, 0.05) is 31.4 Å². The normalized spacial score (nSPS) is 10.4. The van der Waals surface area contributed by atoms with Crippen LogP contribution in [0.15, 0.2) is 35.9 Å². The Hall–Kier alpha value is -1.53. The molecule has 2 aromatic heterocycles. The van der Waals surface area contributed by atoms with Crippen LogP contribution in [0, 0.1) is 0 Å². The van der Waals surface area contributed by atoms with Crippen LogP contribution >= 0.6 is 11.8 Å². The highest BCUT2D eigenvalue weighted by Gasteiger charge is 2.01. The third kappa shape index (κ3) is 2.53. The molecule has 0 aliphatic heterocycles. The number of nitrogens with zero attached hydrogens (tertiary/aromatic N) is 3. The number of hydrogen-bond donors (Lipinski definition) is 2. The van der Waals surface area contributed by atoms with E-state index in [0.29, 0.717) is 5.82 Å². The Kier molecular flexibility index (Phi) is 3.43. The van der Waals surface area contributed by atoms with Crippen LogP contribution in [0.1, 0.15) is 5.56 Å². The average Bonchev–Trinajstić information content (AvgIpc) is 2.72. The molecule has 0 saturated carbocycles. The van der Waals surface area contributed by atoms with Crippen molar-refractivity contribution in [2.24, 2.45) is 12.9 Å². The molecule has 0 aliphatic carbocycles. The molecular weight excluding hydrogens is 222 g/mol. The fraction of sp³-hybridized carbons (Fsp3) is 0.200. The molecule has 0 bridgehead atoms. The molecule has 16 heavy (non-hydrogen) atoms. The van der Waals surface area contributed by atoms with E-state index in [1.165, 1.54) is 0 Å². The van der Waals surface area contributed by atoms with Crippen LogP contribution in [0.25, 0.3) is 0 Å². The molecule has 0 aliphatic rings. The molecule has 0 unspecified atom stereocenters. The number of aryl methyl sites for hydroxylation is 1. The lowest BCUT2D eigenvalue weighted by atomic mass is 10.3. The van der Waals surface area contributed by atoms with Gasteiger partial charge in [-0.05, 0) is 17.7 Å². The smallest absolute Gasteiger partial charge is 0.167 e. The Morgan fingerprint density at radius 3 is 3.00 bits per heavy atom. The number of hydrazine groups is 1. The zero-order valence-corrected chi connectivity index (χ0v) is 9.74. The minimum atomic E-state index is 0.679. The SMILES string of the molecule is Cn1ccnc1SCc1ccnc(NN)c1. The molecule has 2 heterocycles. The highest BCUT2D eigenvalue weighted by molar-refractivity contribution is 7.98. The van der Waals surface area contributed by atoms with Crippen LogP contribution in [0.4, 0.5) is 5.82 Å². The van der Waals surface area contributed by atoms with Gasteiger partial charge in [-0.15, -0.1) is 0 Å². The second-order valence-electron chi connectivity index (χ2n) is 3.30. The Bertz CT molecular complexity index is 468. The Balaban J connectivity index is 2.02. The largest absolute Gasteiger partial charge is 0.329 e. The molecule has 5 nitrogen and oxygen atoms in total. The molecule has 2 aromatic rings. The van der Waals surface area contributed by atoms with Gasteiger partial charge in [0.05, 0.1) is 0 Å². The summed E-state index contributed by atoms with van der Waals surface area (Å²) in [4.78, 5) is 8.30. The molecule has 0 atom stereocenters. The maximum atomic E-state index is 5.30. The fourth-order valence-corrected chi connectivity index (χ4v) is 2.16. The highest BCUT2D eigenvalue weighted by Crippen LogP contribution is 2.20. The number of anilines is 1. The Morgan fingerprint density at radius 2 is 2.31 bits per heavy atom. The van der Waals surface area contributed by atoms with Crippen molar-refractivity contribution in [1.29, 1.82) is 0 Å². The topological polar surface area (TPSA) is 68.8 Å². The standard InChI is InChI=1S/C10H13N5S/c1-15-5-4-13-10(15)16-7-8-2-3-12-9(6-8)14-11/h2-6H,7,11H2,1H3,(H,12,14). The van der Waals surface area contributed by atoms with Gasteiger partial charge in [-0.1, -0.05) is 11.8 Å². The number of nitrogen functional groups attached to an aromatic ring is 1. The van der Waals surface area contributed by atoms with Crippen molar-refractivity contribution in [1.82, 2.24) is 14.5 Å². The van der Waals surface area contributed by atoms with Gasteiger partial charge in [0.15, 0.2) is 5.16 Å². The van der Waals surface area contributed by atoms with Crippen molar-refractivity contribution >= 4 is 17.6 Å². The molecule has 0 saturated heterocycles. The van der Waals surface area contributed by atoms with Crippen LogP contribution in [-0.4, -0.2) is 14.5 Å². The first-order chi connectivity index (χ1) is 7.79. The molecular formula is C10H13N5S. The van der Waals surface area contributed by atoms with E-state index in [0.717, 1.165) is 16.5 Å². The lowest BCUT2D eigenvalue weighted by molar-refractivity contribution is 0.790. The average molecular weight is 235 g/mol. The van der Waals surface area contributed by atoms with E-state index in [-0.39, 0.29) is 0 Å². The number of nitrogens with two attached hydrogens (primary N) is 1. The van der Waals surface area contributed by atoms with Crippen molar-refractivity contribution in [3.63, 3.8) is 0 Å². The first kappa shape index (κ1) is 11.0. The number of pyridine rings is 1. The van der Waals surface area contributed by atoms with Gasteiger partial charge in [-0.2, -0.15) is 0 Å². The molecule has 0 fully saturated rings. The minimum absolute atomic E-state index is 0.679. The van der Waals surface area contributed by atoms with Crippen molar-refractivity contribution in [2.75, 3.05) is 5.43 Å². The Labute approximate surface area is 98.1 Å². The second kappa shape index (κ2) is 5.00. The molecule has 0 spiro atoms. The molecule has 84 valence electrons. The molecule has 0 amide bonds. The molecule has 3 N–H and O–H groups in total. The summed E-state index contributed by atoms with van der Waals surface area (Å²) in [6.45, 7) is 0. The Morgan fingerprint density at radius 1 is 1.44 bits per heavy atom. The zero-order chi connectivity index (χ0) is 11.4. The van der Waals surface area contributed by atoms with Crippen molar-refractivity contribution in [2.45, 2.75) is 10.9 Å². The van der Waals surface area contributed by atoms with Crippen LogP contribution in [0.2, 0.25) is 0 Å². The number of imidazole rings is 1. The van der Waals surface area contributed by atoms with E-state index < -0.39 is 0 Å². The maximum absolute atomic E-state index is 5.30. The monoisotopic (exact) mass is 235 g/mol. The van der Waals surface area contributed by atoms with E-state index in [1.54, 1.807) is 24.2 Å². The lowest BCUT2D eigenvalue weighted by Gasteiger charge is -2.03. The summed E-state index contributed by atoms with van der Waals surface area (Å²) in [7, 11) is 1.98. The fourth-order valence-electron chi connectivity index (χ4n) is 1.28. The van der Waals surface area contributed by atoms with E-state index in [1.807, 2.05) is 29.9 Å². The minimum Gasteiger partial charge on any atom is -0.329 e. The van der Waals surface area contributed by atoms with Crippen LogP contribution in [-0.2, 0) is 12.8 Å². The quantitative estimate of drug-likeness (QED) is 0.476. The van der Waals surface area contributed by atoms with Crippen molar-refractivity contribution in [3.05, 3.63) is 36.3 Å². The summed E-state index contributed by atoms with van der Waals surface area (Å²) >= 11 is 1.68. The van der Waals surface area contributed by atoms with E-state index in [2.05, 4.69) is 15.4 Å². The molecule has 6 heteroatoms. The van der Waals surface area contributed by atoms with E-state index >= 15 is 0 Å². The van der Waals surface area contributed by atoms with Crippen molar-refractivity contribution < 1.29 is 0 Å². The van der Waals surface area contributed by atoms with Gasteiger partial charge in [-0.3, -0.25) is 0 Å². The van der Waals surface area contributed by atoms with Gasteiger partial charge in [0.25, 0.3) is 0 Å². The maximum Gasteiger partial charge on any atom is 0.167 e. The van der Waals surface area contributed by atoms with Crippen molar-refractivity contribution in [3.8, 4) is 0 Å². The van der Waals surface area contributed by atoms with Crippen LogP contribution in [0.3, 0.4) is 0 Å². The van der Waals surface area contributed by atoms with Gasteiger partial charge in [0.2, 0.25) is 0 Å². The van der Waals surface area contributed by atoms with Crippen LogP contribution in [0.5, 0.6) is 0 Å². The second-order valence-corrected chi connectivity index (χ2v) is 4.25. The zero-order valence-electron chi connectivity index (χ0n) is 8.92. The predicted molar refractivity (Wildman–Crippen MR) is 64.8 cm³/mol. The summed E-state index contributed by atoms with van der Waals surface area (Å²) in [5.74, 6) is 6.83. The summed E-state index contributed by atoms with van der Waals surface area (Å²) in [5, 5.41) is 0.999. The predicted octanol–water partition coefficient (Wildman–Crippen LogP) is 1.39. The summed E-state index contributed by atoms with van der Waals surface area (Å²) in [6.07, 6.45) is 5.47. The number of aromatic nitrogens is 3. The number of thioether (sulfide) groups is 1. The third-order valence-electron chi connectivity index (χ3n) is 2.12. The van der Waals surface area contributed by atoms with E-state index in [9.17, 15) is 0 Å². The highest BCUT2D eigenvalue weighted by atomic mass is 32.2. The van der Waals surface area contributed by atoms with Gasteiger partial charge >= 0.3 is 0 Å². The van der Waals surface area contributed by atoms with Gasteiger partial charge in [-0.25, -0.2) is 15.8 Å². The third-order valence-corrected chi connectivity index (χ3v) is 3.25. The van der Waals surface area contributed by atoms with E-state index in [4.69, 9.17) is 5.84 Å².